The fourth-order valence-electron chi connectivity index (χ4n) is 4.10. The smallest absolute Gasteiger partial charge is 0.475 e. The third-order valence-electron chi connectivity index (χ3n) is 6.15. The maximum Gasteiger partial charge on any atom is 0.490 e. The van der Waals surface area contributed by atoms with E-state index in [0.29, 0.717) is 37.2 Å². The number of carbonyl (C=O) groups excluding carboxylic acids is 4. The van der Waals surface area contributed by atoms with E-state index in [1.54, 1.807) is 35.2 Å². The fraction of sp³-hybridized carbons (Fsp3) is 0.214. The monoisotopic (exact) mass is 668 g/mol. The van der Waals surface area contributed by atoms with E-state index in [0.717, 1.165) is 6.08 Å². The number of aliphatic carboxylic acids is 1. The molecule has 0 saturated carbocycles. The Balaban J connectivity index is 0.000000707. The van der Waals surface area contributed by atoms with Gasteiger partial charge in [0.1, 0.15) is 5.69 Å². The molecule has 1 aromatic heterocycles. The minimum Gasteiger partial charge on any atom is -0.475 e. The summed E-state index contributed by atoms with van der Waals surface area (Å²) in [6.07, 6.45) is -1.28. The summed E-state index contributed by atoms with van der Waals surface area (Å²) in [7, 11) is 0. The molecule has 2 aromatic carbocycles. The number of amides is 4. The number of hydrogen-bond acceptors (Lipinski definition) is 6. The van der Waals surface area contributed by atoms with Gasteiger partial charge in [0.15, 0.2) is 0 Å². The average Bonchev–Trinajstić information content (AvgIpc) is 3.45. The van der Waals surface area contributed by atoms with Gasteiger partial charge in [0, 0.05) is 30.4 Å². The molecular formula is C28H25Cl2F3N6O6. The van der Waals surface area contributed by atoms with Crippen molar-refractivity contribution in [3.05, 3.63) is 88.2 Å². The summed E-state index contributed by atoms with van der Waals surface area (Å²) in [5, 5.41) is 22.1. The van der Waals surface area contributed by atoms with Crippen LogP contribution in [0.4, 0.5) is 24.5 Å². The maximum atomic E-state index is 13.1. The van der Waals surface area contributed by atoms with Gasteiger partial charge in [-0.1, -0.05) is 41.9 Å². The van der Waals surface area contributed by atoms with E-state index in [2.05, 4.69) is 32.7 Å². The van der Waals surface area contributed by atoms with Crippen molar-refractivity contribution in [1.82, 2.24) is 20.4 Å². The number of halogens is 5. The molecule has 0 spiro atoms. The third-order valence-corrected chi connectivity index (χ3v) is 6.78. The summed E-state index contributed by atoms with van der Waals surface area (Å²) in [5.41, 5.74) is 1.18. The lowest BCUT2D eigenvalue weighted by Crippen LogP contribution is -2.49. The summed E-state index contributed by atoms with van der Waals surface area (Å²) in [5.74, 6) is -4.43. The van der Waals surface area contributed by atoms with Gasteiger partial charge in [0.2, 0.25) is 5.91 Å². The number of anilines is 2. The first-order valence-corrected chi connectivity index (χ1v) is 13.7. The zero-order chi connectivity index (χ0) is 33.3. The zero-order valence-electron chi connectivity index (χ0n) is 23.1. The summed E-state index contributed by atoms with van der Waals surface area (Å²) in [6, 6.07) is 11.0. The van der Waals surface area contributed by atoms with Crippen LogP contribution in [0.2, 0.25) is 10.0 Å². The zero-order valence-corrected chi connectivity index (χ0v) is 24.6. The number of H-pyrrole nitrogens is 1. The first kappa shape index (κ1) is 34.6. The number of hydrogen-bond donors (Lipinski definition) is 5. The molecule has 0 unspecified atom stereocenters. The first-order chi connectivity index (χ1) is 21.2. The van der Waals surface area contributed by atoms with Gasteiger partial charge in [0.05, 0.1) is 27.5 Å². The van der Waals surface area contributed by atoms with Crippen molar-refractivity contribution in [2.75, 3.05) is 23.7 Å². The molecule has 0 radical (unpaired) electrons. The number of nitrogens with one attached hydrogen (secondary N) is 4. The number of carboxylic acids is 1. The summed E-state index contributed by atoms with van der Waals surface area (Å²) >= 11 is 12.2. The molecule has 1 saturated heterocycles. The molecular weight excluding hydrogens is 644 g/mol. The van der Waals surface area contributed by atoms with Gasteiger partial charge in [0.25, 0.3) is 17.7 Å². The van der Waals surface area contributed by atoms with E-state index in [1.807, 2.05) is 0 Å². The number of alkyl halides is 3. The third kappa shape index (κ3) is 9.55. The van der Waals surface area contributed by atoms with Gasteiger partial charge in [-0.2, -0.15) is 18.3 Å². The number of piperidine rings is 1. The Hall–Kier alpha value is -4.89. The van der Waals surface area contributed by atoms with Crippen molar-refractivity contribution in [2.24, 2.45) is 0 Å². The molecule has 2 heterocycles. The standard InChI is InChI=1S/C26H24Cl2N6O4.C2HF3O2/c1-2-21(35)30-16-7-3-6-15(12-16)26(38)34-11-5-8-17(14-34)31-25(37)23-20(13-29-33-23)32-24(36)22-18(27)9-4-10-19(22)28;3-2(4,5)1(6)7/h2-4,6-7,9-10,12-13,17H,1,5,8,11,14H2,(H,29,33)(H,30,35)(H,31,37)(H,32,36);(H,6,7)/t17-;/m1./s1. The highest BCUT2D eigenvalue weighted by atomic mass is 35.5. The molecule has 238 valence electrons. The van der Waals surface area contributed by atoms with Crippen LogP contribution in [0.1, 0.15) is 44.0 Å². The Morgan fingerprint density at radius 1 is 1.04 bits per heavy atom. The van der Waals surface area contributed by atoms with Crippen molar-refractivity contribution in [3.63, 3.8) is 0 Å². The quantitative estimate of drug-likeness (QED) is 0.226. The Bertz CT molecular complexity index is 1590. The van der Waals surface area contributed by atoms with Crippen LogP contribution in [0.25, 0.3) is 0 Å². The van der Waals surface area contributed by atoms with Crippen molar-refractivity contribution in [2.45, 2.75) is 25.1 Å². The second-order valence-electron chi connectivity index (χ2n) is 9.35. The van der Waals surface area contributed by atoms with Gasteiger partial charge in [-0.15, -0.1) is 0 Å². The first-order valence-electron chi connectivity index (χ1n) is 12.9. The molecule has 17 heteroatoms. The lowest BCUT2D eigenvalue weighted by molar-refractivity contribution is -0.192. The molecule has 0 bridgehead atoms. The Kier molecular flexibility index (Phi) is 11.7. The second-order valence-corrected chi connectivity index (χ2v) is 10.2. The maximum absolute atomic E-state index is 13.1. The van der Waals surface area contributed by atoms with Gasteiger partial charge < -0.3 is 26.0 Å². The fourth-order valence-corrected chi connectivity index (χ4v) is 4.67. The number of carbonyl (C=O) groups is 5. The number of aromatic amines is 1. The minimum absolute atomic E-state index is 0.0515. The molecule has 4 amide bonds. The molecule has 1 fully saturated rings. The van der Waals surface area contributed by atoms with Gasteiger partial charge in [-0.05, 0) is 49.2 Å². The van der Waals surface area contributed by atoms with Crippen molar-refractivity contribution >= 4 is 64.2 Å². The predicted octanol–water partition coefficient (Wildman–Crippen LogP) is 4.76. The van der Waals surface area contributed by atoms with E-state index in [9.17, 15) is 32.3 Å². The molecule has 12 nitrogen and oxygen atoms in total. The topological polar surface area (TPSA) is 174 Å². The van der Waals surface area contributed by atoms with Crippen LogP contribution in [0.5, 0.6) is 0 Å². The molecule has 1 atom stereocenters. The highest BCUT2D eigenvalue weighted by Crippen LogP contribution is 2.26. The van der Waals surface area contributed by atoms with E-state index in [4.69, 9.17) is 33.1 Å². The molecule has 0 aliphatic carbocycles. The Labute approximate surface area is 263 Å². The Morgan fingerprint density at radius 3 is 2.31 bits per heavy atom. The summed E-state index contributed by atoms with van der Waals surface area (Å²) in [4.78, 5) is 61.0. The van der Waals surface area contributed by atoms with Crippen LogP contribution in [0.15, 0.2) is 61.3 Å². The largest absolute Gasteiger partial charge is 0.490 e. The lowest BCUT2D eigenvalue weighted by Gasteiger charge is -2.33. The van der Waals surface area contributed by atoms with Gasteiger partial charge in [-0.25, -0.2) is 4.79 Å². The Morgan fingerprint density at radius 2 is 1.69 bits per heavy atom. The van der Waals surface area contributed by atoms with Gasteiger partial charge >= 0.3 is 12.1 Å². The minimum atomic E-state index is -5.08. The van der Waals surface area contributed by atoms with Crippen LogP contribution >= 0.6 is 23.2 Å². The lowest BCUT2D eigenvalue weighted by atomic mass is 10.0. The van der Waals surface area contributed by atoms with E-state index < -0.39 is 24.0 Å². The number of carboxylic acid groups (broad SMARTS) is 1. The summed E-state index contributed by atoms with van der Waals surface area (Å²) < 4.78 is 31.7. The normalized spacial score (nSPS) is 14.3. The van der Waals surface area contributed by atoms with Crippen LogP contribution in [-0.4, -0.2) is 75.1 Å². The highest BCUT2D eigenvalue weighted by Gasteiger charge is 2.38. The predicted molar refractivity (Wildman–Crippen MR) is 158 cm³/mol. The van der Waals surface area contributed by atoms with Crippen molar-refractivity contribution in [1.29, 1.82) is 0 Å². The number of likely N-dealkylation sites (tertiary alicyclic amines) is 1. The van der Waals surface area contributed by atoms with E-state index in [1.165, 1.54) is 18.3 Å². The number of benzene rings is 2. The molecule has 5 N–H and O–H groups in total. The SMILES string of the molecule is C=CC(=O)Nc1cccc(C(=O)N2CCC[C@@H](NC(=O)c3[nH]ncc3NC(=O)c3c(Cl)cccc3Cl)C2)c1.O=C(O)C(F)(F)F. The average molecular weight is 669 g/mol. The number of aromatic nitrogens is 2. The van der Waals surface area contributed by atoms with Crippen molar-refractivity contribution < 1.29 is 42.3 Å². The molecule has 3 aromatic rings. The molecule has 1 aliphatic rings. The van der Waals surface area contributed by atoms with Crippen LogP contribution in [-0.2, 0) is 9.59 Å². The van der Waals surface area contributed by atoms with E-state index >= 15 is 0 Å². The molecule has 1 aliphatic heterocycles. The second kappa shape index (κ2) is 15.2. The number of rotatable bonds is 7. The number of nitrogens with zero attached hydrogens (tertiary/aromatic N) is 2. The van der Waals surface area contributed by atoms with Crippen LogP contribution in [0.3, 0.4) is 0 Å². The highest BCUT2D eigenvalue weighted by molar-refractivity contribution is 6.40. The summed E-state index contributed by atoms with van der Waals surface area (Å²) in [6.45, 7) is 4.24. The molecule has 45 heavy (non-hydrogen) atoms. The molecule has 4 rings (SSSR count). The van der Waals surface area contributed by atoms with Gasteiger partial charge in [-0.3, -0.25) is 24.3 Å². The van der Waals surface area contributed by atoms with Crippen LogP contribution < -0.4 is 16.0 Å². The van der Waals surface area contributed by atoms with E-state index in [-0.39, 0.29) is 44.8 Å². The van der Waals surface area contributed by atoms with Crippen LogP contribution in [0, 0.1) is 0 Å². The van der Waals surface area contributed by atoms with Crippen molar-refractivity contribution in [3.8, 4) is 0 Å².